The van der Waals surface area contributed by atoms with E-state index < -0.39 is 11.7 Å². The highest BCUT2D eigenvalue weighted by Gasteiger charge is 2.17. The van der Waals surface area contributed by atoms with Crippen LogP contribution in [-0.4, -0.2) is 19.1 Å². The molecule has 0 aromatic heterocycles. The summed E-state index contributed by atoms with van der Waals surface area (Å²) in [6.45, 7) is 6.63. The molecule has 6 heteroatoms. The molecule has 0 unspecified atom stereocenters. The van der Waals surface area contributed by atoms with Gasteiger partial charge in [0.1, 0.15) is 5.82 Å². The van der Waals surface area contributed by atoms with Crippen LogP contribution in [0.15, 0.2) is 36.4 Å². The standard InChI is InChI=1S/C19H21ClFNO3/c1-4-24-17-9-6-13(10-18(17)25-5-2)12(3)22-19(23)15-8-7-14(20)11-16(15)21/h6-12H,4-5H2,1-3H3,(H,22,23)/t12-/m0/s1. The molecule has 0 aliphatic carbocycles. The molecule has 0 radical (unpaired) electrons. The lowest BCUT2D eigenvalue weighted by Gasteiger charge is -2.18. The summed E-state index contributed by atoms with van der Waals surface area (Å²) in [5, 5.41) is 3.02. The van der Waals surface area contributed by atoms with Crippen molar-refractivity contribution in [1.82, 2.24) is 5.32 Å². The average Bonchev–Trinajstić information content (AvgIpc) is 2.56. The Morgan fingerprint density at radius 1 is 1.12 bits per heavy atom. The van der Waals surface area contributed by atoms with Gasteiger partial charge in [-0.05, 0) is 56.7 Å². The first-order valence-corrected chi connectivity index (χ1v) is 8.49. The summed E-state index contributed by atoms with van der Waals surface area (Å²) >= 11 is 5.71. The highest BCUT2D eigenvalue weighted by molar-refractivity contribution is 6.30. The van der Waals surface area contributed by atoms with Gasteiger partial charge < -0.3 is 14.8 Å². The molecular formula is C19H21ClFNO3. The van der Waals surface area contributed by atoms with Crippen molar-refractivity contribution >= 4 is 17.5 Å². The molecule has 1 N–H and O–H groups in total. The Hall–Kier alpha value is -2.27. The number of hydrogen-bond acceptors (Lipinski definition) is 3. The third kappa shape index (κ3) is 4.86. The zero-order chi connectivity index (χ0) is 18.4. The molecule has 2 rings (SSSR count). The zero-order valence-corrected chi connectivity index (χ0v) is 15.2. The van der Waals surface area contributed by atoms with E-state index in [1.807, 2.05) is 32.9 Å². The van der Waals surface area contributed by atoms with Crippen LogP contribution in [0, 0.1) is 5.82 Å². The van der Waals surface area contributed by atoms with Crippen molar-refractivity contribution in [2.24, 2.45) is 0 Å². The van der Waals surface area contributed by atoms with Gasteiger partial charge in [-0.25, -0.2) is 4.39 Å². The van der Waals surface area contributed by atoms with E-state index in [0.29, 0.717) is 24.7 Å². The van der Waals surface area contributed by atoms with Crippen molar-refractivity contribution in [1.29, 1.82) is 0 Å². The number of rotatable bonds is 7. The van der Waals surface area contributed by atoms with Crippen molar-refractivity contribution < 1.29 is 18.7 Å². The van der Waals surface area contributed by atoms with Crippen LogP contribution in [0.4, 0.5) is 4.39 Å². The molecule has 0 aliphatic heterocycles. The molecule has 0 fully saturated rings. The van der Waals surface area contributed by atoms with E-state index in [9.17, 15) is 9.18 Å². The van der Waals surface area contributed by atoms with Crippen LogP contribution in [-0.2, 0) is 0 Å². The minimum absolute atomic E-state index is 0.0489. The summed E-state index contributed by atoms with van der Waals surface area (Å²) in [5.41, 5.74) is 0.779. The first kappa shape index (κ1) is 19.1. The Kier molecular flexibility index (Phi) is 6.65. The lowest BCUT2D eigenvalue weighted by molar-refractivity contribution is 0.0935. The van der Waals surface area contributed by atoms with Crippen molar-refractivity contribution in [3.05, 3.63) is 58.4 Å². The van der Waals surface area contributed by atoms with E-state index in [-0.39, 0.29) is 16.6 Å². The summed E-state index contributed by atoms with van der Waals surface area (Å²) < 4.78 is 25.0. The third-order valence-electron chi connectivity index (χ3n) is 3.59. The predicted molar refractivity (Wildman–Crippen MR) is 96.1 cm³/mol. The van der Waals surface area contributed by atoms with Crippen LogP contribution in [0.1, 0.15) is 42.7 Å². The molecule has 25 heavy (non-hydrogen) atoms. The lowest BCUT2D eigenvalue weighted by atomic mass is 10.1. The highest BCUT2D eigenvalue weighted by atomic mass is 35.5. The minimum Gasteiger partial charge on any atom is -0.490 e. The number of halogens is 2. The third-order valence-corrected chi connectivity index (χ3v) is 3.83. The molecule has 0 saturated heterocycles. The summed E-state index contributed by atoms with van der Waals surface area (Å²) in [7, 11) is 0. The Labute approximate surface area is 151 Å². The molecular weight excluding hydrogens is 345 g/mol. The van der Waals surface area contributed by atoms with Gasteiger partial charge >= 0.3 is 0 Å². The van der Waals surface area contributed by atoms with E-state index in [1.165, 1.54) is 12.1 Å². The van der Waals surface area contributed by atoms with Gasteiger partial charge in [-0.15, -0.1) is 0 Å². The largest absolute Gasteiger partial charge is 0.490 e. The summed E-state index contributed by atoms with van der Waals surface area (Å²) in [6.07, 6.45) is 0. The van der Waals surface area contributed by atoms with Crippen LogP contribution in [0.25, 0.3) is 0 Å². The predicted octanol–water partition coefficient (Wildman–Crippen LogP) is 4.77. The second-order valence-electron chi connectivity index (χ2n) is 5.39. The molecule has 0 spiro atoms. The van der Waals surface area contributed by atoms with Gasteiger partial charge in [0.2, 0.25) is 0 Å². The number of amides is 1. The average molecular weight is 366 g/mol. The molecule has 134 valence electrons. The number of carbonyl (C=O) groups is 1. The van der Waals surface area contributed by atoms with E-state index in [2.05, 4.69) is 5.32 Å². The van der Waals surface area contributed by atoms with Crippen LogP contribution < -0.4 is 14.8 Å². The number of nitrogens with one attached hydrogen (secondary N) is 1. The van der Waals surface area contributed by atoms with E-state index in [0.717, 1.165) is 11.6 Å². The second-order valence-corrected chi connectivity index (χ2v) is 5.83. The van der Waals surface area contributed by atoms with Gasteiger partial charge in [-0.2, -0.15) is 0 Å². The first-order valence-electron chi connectivity index (χ1n) is 8.11. The fraction of sp³-hybridized carbons (Fsp3) is 0.316. The van der Waals surface area contributed by atoms with Crippen molar-refractivity contribution in [3.63, 3.8) is 0 Å². The van der Waals surface area contributed by atoms with Gasteiger partial charge in [0.25, 0.3) is 5.91 Å². The van der Waals surface area contributed by atoms with Gasteiger partial charge in [-0.3, -0.25) is 4.79 Å². The van der Waals surface area contributed by atoms with Gasteiger partial charge in [0.05, 0.1) is 24.8 Å². The maximum atomic E-state index is 13.9. The van der Waals surface area contributed by atoms with Gasteiger partial charge in [-0.1, -0.05) is 17.7 Å². The molecule has 1 amide bonds. The van der Waals surface area contributed by atoms with Crippen LogP contribution in [0.5, 0.6) is 11.5 Å². The van der Waals surface area contributed by atoms with E-state index in [1.54, 1.807) is 6.07 Å². The molecule has 2 aromatic rings. The minimum atomic E-state index is -0.654. The molecule has 4 nitrogen and oxygen atoms in total. The van der Waals surface area contributed by atoms with Gasteiger partial charge in [0, 0.05) is 5.02 Å². The molecule has 0 saturated carbocycles. The van der Waals surface area contributed by atoms with Crippen molar-refractivity contribution in [2.45, 2.75) is 26.8 Å². The molecule has 2 aromatic carbocycles. The summed E-state index contributed by atoms with van der Waals surface area (Å²) in [4.78, 5) is 12.3. The second kappa shape index (κ2) is 8.72. The summed E-state index contributed by atoms with van der Waals surface area (Å²) in [5.74, 6) is 0.100. The maximum absolute atomic E-state index is 13.9. The number of carbonyl (C=O) groups excluding carboxylic acids is 1. The number of hydrogen-bond donors (Lipinski definition) is 1. The quantitative estimate of drug-likeness (QED) is 0.769. The van der Waals surface area contributed by atoms with Crippen LogP contribution in [0.3, 0.4) is 0 Å². The fourth-order valence-corrected chi connectivity index (χ4v) is 2.53. The molecule has 0 bridgehead atoms. The normalized spacial score (nSPS) is 11.7. The lowest BCUT2D eigenvalue weighted by Crippen LogP contribution is -2.27. The topological polar surface area (TPSA) is 47.6 Å². The van der Waals surface area contributed by atoms with Gasteiger partial charge in [0.15, 0.2) is 11.5 Å². The molecule has 1 atom stereocenters. The van der Waals surface area contributed by atoms with Crippen molar-refractivity contribution in [2.75, 3.05) is 13.2 Å². The number of benzene rings is 2. The van der Waals surface area contributed by atoms with E-state index >= 15 is 0 Å². The Bertz CT molecular complexity index is 751. The summed E-state index contributed by atoms with van der Waals surface area (Å²) in [6, 6.07) is 9.09. The fourth-order valence-electron chi connectivity index (χ4n) is 2.37. The van der Waals surface area contributed by atoms with Crippen LogP contribution >= 0.6 is 11.6 Å². The highest BCUT2D eigenvalue weighted by Crippen LogP contribution is 2.31. The SMILES string of the molecule is CCOc1ccc([C@H](C)NC(=O)c2ccc(Cl)cc2F)cc1OCC. The zero-order valence-electron chi connectivity index (χ0n) is 14.4. The molecule has 0 heterocycles. The number of ether oxygens (including phenoxy) is 2. The van der Waals surface area contributed by atoms with Crippen molar-refractivity contribution in [3.8, 4) is 11.5 Å². The molecule has 0 aliphatic rings. The first-order chi connectivity index (χ1) is 12.0. The smallest absolute Gasteiger partial charge is 0.254 e. The van der Waals surface area contributed by atoms with Crippen LogP contribution in [0.2, 0.25) is 5.02 Å². The Morgan fingerprint density at radius 2 is 1.80 bits per heavy atom. The Morgan fingerprint density at radius 3 is 2.44 bits per heavy atom. The maximum Gasteiger partial charge on any atom is 0.254 e. The Balaban J connectivity index is 2.18. The monoisotopic (exact) mass is 365 g/mol. The van der Waals surface area contributed by atoms with E-state index in [4.69, 9.17) is 21.1 Å².